The molecule has 8 heteroatoms. The summed E-state index contributed by atoms with van der Waals surface area (Å²) >= 11 is 0. The molecule has 0 aromatic rings. The van der Waals surface area contributed by atoms with E-state index in [1.807, 2.05) is 0 Å². The van der Waals surface area contributed by atoms with Crippen molar-refractivity contribution < 1.29 is 24.6 Å². The Bertz CT molecular complexity index is 256. The Kier molecular flexibility index (Phi) is 11.0. The van der Waals surface area contributed by atoms with Gasteiger partial charge in [0.2, 0.25) is 5.91 Å². The summed E-state index contributed by atoms with van der Waals surface area (Å²) in [6.07, 6.45) is 0.517. The fraction of sp³-hybridized carbons (Fsp3) is 0.556. The molecule has 0 aliphatic heterocycles. The third-order valence-electron chi connectivity index (χ3n) is 1.58. The fourth-order valence-electron chi connectivity index (χ4n) is 1.04. The van der Waals surface area contributed by atoms with Crippen LogP contribution in [0.2, 0.25) is 0 Å². The van der Waals surface area contributed by atoms with Crippen molar-refractivity contribution in [3.8, 4) is 0 Å². The van der Waals surface area contributed by atoms with Crippen LogP contribution < -0.4 is 5.32 Å². The molecule has 3 N–H and O–H groups in total. The van der Waals surface area contributed by atoms with E-state index in [0.717, 1.165) is 4.90 Å². The summed E-state index contributed by atoms with van der Waals surface area (Å²) in [6, 6.07) is 0. The molecule has 0 atom stereocenters. The second-order valence-corrected chi connectivity index (χ2v) is 3.14. The van der Waals surface area contributed by atoms with Gasteiger partial charge in [0.1, 0.15) is 0 Å². The van der Waals surface area contributed by atoms with Gasteiger partial charge in [0, 0.05) is 6.54 Å². The second-order valence-electron chi connectivity index (χ2n) is 3.14. The molecule has 0 aromatic heterocycles. The summed E-state index contributed by atoms with van der Waals surface area (Å²) in [5, 5.41) is 19.5. The minimum atomic E-state index is -1.17. The van der Waals surface area contributed by atoms with E-state index in [4.69, 9.17) is 10.2 Å². The summed E-state index contributed by atoms with van der Waals surface area (Å²) < 4.78 is 0. The Morgan fingerprint density at radius 2 is 1.53 bits per heavy atom. The number of amides is 1. The van der Waals surface area contributed by atoms with Crippen LogP contribution in [0.5, 0.6) is 0 Å². The molecule has 0 aliphatic carbocycles. The first-order valence-electron chi connectivity index (χ1n) is 4.67. The second kappa shape index (κ2) is 10.2. The number of hydrogen-bond acceptors (Lipinski definition) is 4. The van der Waals surface area contributed by atoms with Crippen LogP contribution in [0.15, 0.2) is 0 Å². The number of rotatable bonds is 8. The summed E-state index contributed by atoms with van der Waals surface area (Å²) in [5.74, 6) is -2.76. The molecule has 0 heterocycles. The number of nitrogens with zero attached hydrogens (tertiary/aromatic N) is 1. The van der Waals surface area contributed by atoms with Crippen LogP contribution >= 0.6 is 0 Å². The van der Waals surface area contributed by atoms with Crippen molar-refractivity contribution in [3.63, 3.8) is 0 Å². The molecule has 97 valence electrons. The Morgan fingerprint density at radius 1 is 1.06 bits per heavy atom. The van der Waals surface area contributed by atoms with Gasteiger partial charge in [-0.2, -0.15) is 0 Å². The quantitative estimate of drug-likeness (QED) is 0.432. The van der Waals surface area contributed by atoms with Gasteiger partial charge < -0.3 is 15.5 Å². The maximum atomic E-state index is 11.2. The topological polar surface area (TPSA) is 107 Å². The van der Waals surface area contributed by atoms with Gasteiger partial charge in [0.15, 0.2) is 0 Å². The Hall–Kier alpha value is -0.994. The summed E-state index contributed by atoms with van der Waals surface area (Å²) in [4.78, 5) is 33.1. The minimum absolute atomic E-state index is 0. The number of hydrogen-bond donors (Lipinski definition) is 3. The molecule has 0 saturated heterocycles. The van der Waals surface area contributed by atoms with Crippen LogP contribution in [0, 0.1) is 6.92 Å². The number of nitrogens with one attached hydrogen (secondary N) is 1. The predicted molar refractivity (Wildman–Crippen MR) is 64.6 cm³/mol. The molecular formula is C9H18GaN2O5. The van der Waals surface area contributed by atoms with Crippen molar-refractivity contribution in [2.24, 2.45) is 0 Å². The first-order chi connectivity index (χ1) is 7.45. The Morgan fingerprint density at radius 3 is 1.88 bits per heavy atom. The monoisotopic (exact) mass is 303 g/mol. The molecule has 1 radical (unpaired) electrons. The van der Waals surface area contributed by atoms with Crippen LogP contribution in [0.25, 0.3) is 0 Å². The van der Waals surface area contributed by atoms with Gasteiger partial charge in [-0.25, -0.2) is 0 Å². The molecule has 0 unspecified atom stereocenters. The molecule has 0 aliphatic rings. The molecule has 1 amide bonds. The zero-order valence-corrected chi connectivity index (χ0v) is 8.81. The molecule has 0 rings (SSSR count). The van der Waals surface area contributed by atoms with Crippen molar-refractivity contribution in [3.05, 3.63) is 6.92 Å². The number of carbonyl (C=O) groups is 3. The van der Waals surface area contributed by atoms with Crippen molar-refractivity contribution in [2.45, 2.75) is 6.42 Å². The van der Waals surface area contributed by atoms with Crippen molar-refractivity contribution in [1.82, 2.24) is 10.2 Å². The molecule has 0 fully saturated rings. The predicted octanol–water partition coefficient (Wildman–Crippen LogP) is -2.39. The first kappa shape index (κ1) is 18.4. The first-order valence-corrected chi connectivity index (χ1v) is 4.67. The van der Waals surface area contributed by atoms with Crippen LogP contribution in [0.1, 0.15) is 6.42 Å². The van der Waals surface area contributed by atoms with Crippen molar-refractivity contribution in [2.75, 3.05) is 26.2 Å². The van der Waals surface area contributed by atoms with Gasteiger partial charge in [-0.15, -0.1) is 0 Å². The third-order valence-corrected chi connectivity index (χ3v) is 1.58. The van der Waals surface area contributed by atoms with Crippen molar-refractivity contribution >= 4 is 37.6 Å². The van der Waals surface area contributed by atoms with E-state index >= 15 is 0 Å². The standard InChI is InChI=1S/C9H15N2O5.Ga.3H/c1-2-3-10-7(12)4-11(5-8(13)14)6-9(15)16;;;;/h1-6H2,(H,10,12)(H,13,14)(H,15,16);;;;. The molecule has 0 spiro atoms. The number of carboxylic acid groups (broad SMARTS) is 2. The zero-order valence-electron chi connectivity index (χ0n) is 8.81. The van der Waals surface area contributed by atoms with Crippen LogP contribution in [0.4, 0.5) is 0 Å². The van der Waals surface area contributed by atoms with Gasteiger partial charge in [-0.1, -0.05) is 6.92 Å². The van der Waals surface area contributed by atoms with Crippen LogP contribution in [-0.2, 0) is 14.4 Å². The molecule has 17 heavy (non-hydrogen) atoms. The zero-order chi connectivity index (χ0) is 12.6. The number of aliphatic carboxylic acids is 2. The van der Waals surface area contributed by atoms with E-state index in [-0.39, 0.29) is 26.3 Å². The van der Waals surface area contributed by atoms with Gasteiger partial charge in [0.25, 0.3) is 0 Å². The normalized spacial score (nSPS) is 9.53. The van der Waals surface area contributed by atoms with E-state index in [9.17, 15) is 14.4 Å². The van der Waals surface area contributed by atoms with Gasteiger partial charge >= 0.3 is 31.7 Å². The molecule has 0 saturated carbocycles. The van der Waals surface area contributed by atoms with Crippen molar-refractivity contribution in [1.29, 1.82) is 0 Å². The Labute approximate surface area is 112 Å². The molecule has 7 nitrogen and oxygen atoms in total. The number of carbonyl (C=O) groups excluding carboxylic acids is 1. The van der Waals surface area contributed by atoms with E-state index in [2.05, 4.69) is 12.2 Å². The third kappa shape index (κ3) is 11.3. The summed E-state index contributed by atoms with van der Waals surface area (Å²) in [7, 11) is 0. The molecule has 0 aromatic carbocycles. The summed E-state index contributed by atoms with van der Waals surface area (Å²) in [6.45, 7) is 2.68. The maximum absolute atomic E-state index is 11.2. The SMILES string of the molecule is [CH2]CCNC(=O)CN(CC(=O)O)CC(=O)O.[GaH3]. The number of carboxylic acids is 2. The average molecular weight is 304 g/mol. The van der Waals surface area contributed by atoms with Gasteiger partial charge in [0.05, 0.1) is 19.6 Å². The van der Waals surface area contributed by atoms with E-state index in [0.29, 0.717) is 13.0 Å². The van der Waals surface area contributed by atoms with Crippen LogP contribution in [-0.4, -0.2) is 78.9 Å². The van der Waals surface area contributed by atoms with Crippen LogP contribution in [0.3, 0.4) is 0 Å². The van der Waals surface area contributed by atoms with E-state index in [1.54, 1.807) is 0 Å². The summed E-state index contributed by atoms with van der Waals surface area (Å²) in [5.41, 5.74) is 0. The van der Waals surface area contributed by atoms with Gasteiger partial charge in [-0.3, -0.25) is 19.3 Å². The van der Waals surface area contributed by atoms with Gasteiger partial charge in [-0.05, 0) is 6.42 Å². The Balaban J connectivity index is 0. The van der Waals surface area contributed by atoms with E-state index in [1.165, 1.54) is 0 Å². The molecule has 0 bridgehead atoms. The molecular weight excluding hydrogens is 286 g/mol. The fourth-order valence-corrected chi connectivity index (χ4v) is 1.04. The average Bonchev–Trinajstić information content (AvgIpc) is 2.12. The van der Waals surface area contributed by atoms with E-state index < -0.39 is 30.9 Å².